The number of Topliss-reactive ketones (excluding diaryl/α,β-unsaturated/α-hetero) is 1. The van der Waals surface area contributed by atoms with E-state index in [0.29, 0.717) is 0 Å². The Bertz CT molecular complexity index is 520. The van der Waals surface area contributed by atoms with E-state index in [1.165, 1.54) is 18.2 Å². The van der Waals surface area contributed by atoms with Crippen molar-refractivity contribution >= 4 is 5.78 Å². The van der Waals surface area contributed by atoms with E-state index in [9.17, 15) is 18.0 Å². The molecule has 2 rings (SSSR count). The van der Waals surface area contributed by atoms with Crippen LogP contribution in [0.2, 0.25) is 0 Å². The van der Waals surface area contributed by atoms with Crippen LogP contribution in [-0.4, -0.2) is 35.7 Å². The van der Waals surface area contributed by atoms with Crippen molar-refractivity contribution < 1.29 is 22.7 Å². The zero-order valence-electron chi connectivity index (χ0n) is 12.0. The summed E-state index contributed by atoms with van der Waals surface area (Å²) in [5.74, 6) is -0.567. The molecule has 0 unspecified atom stereocenters. The number of likely N-dealkylation sites (tertiary alicyclic amines) is 1. The Morgan fingerprint density at radius 1 is 1.19 bits per heavy atom. The predicted molar refractivity (Wildman–Crippen MR) is 72.3 cm³/mol. The Morgan fingerprint density at radius 2 is 1.81 bits per heavy atom. The standard InChI is InChI=1S/C15H18F3NO2/c1-14(2,19-8-3-4-9-19)13(20)11-6-5-7-12(10-11)21-15(16,17)18/h5-7,10H,3-4,8-9H2,1-2H3. The van der Waals surface area contributed by atoms with Gasteiger partial charge in [-0.15, -0.1) is 13.2 Å². The van der Waals surface area contributed by atoms with Gasteiger partial charge in [0.25, 0.3) is 0 Å². The number of ketones is 1. The number of halogens is 3. The van der Waals surface area contributed by atoms with Crippen LogP contribution in [0, 0.1) is 0 Å². The zero-order chi connectivity index (χ0) is 15.7. The summed E-state index contributed by atoms with van der Waals surface area (Å²) in [6, 6.07) is 5.25. The van der Waals surface area contributed by atoms with Gasteiger partial charge in [0.15, 0.2) is 5.78 Å². The summed E-state index contributed by atoms with van der Waals surface area (Å²) in [5, 5.41) is 0. The van der Waals surface area contributed by atoms with Crippen LogP contribution < -0.4 is 4.74 Å². The van der Waals surface area contributed by atoms with Crippen molar-refractivity contribution in [3.63, 3.8) is 0 Å². The van der Waals surface area contributed by atoms with Crippen LogP contribution in [0.15, 0.2) is 24.3 Å². The first kappa shape index (κ1) is 15.8. The Labute approximate surface area is 121 Å². The SMILES string of the molecule is CC(C)(C(=O)c1cccc(OC(F)(F)F)c1)N1CCCC1. The van der Waals surface area contributed by atoms with Gasteiger partial charge in [0.1, 0.15) is 5.75 Å². The molecular weight excluding hydrogens is 283 g/mol. The molecule has 21 heavy (non-hydrogen) atoms. The molecule has 0 N–H and O–H groups in total. The van der Waals surface area contributed by atoms with Crippen LogP contribution >= 0.6 is 0 Å². The van der Waals surface area contributed by atoms with Crippen molar-refractivity contribution in [2.45, 2.75) is 38.6 Å². The number of carbonyl (C=O) groups is 1. The van der Waals surface area contributed by atoms with Crippen LogP contribution in [0.4, 0.5) is 13.2 Å². The van der Waals surface area contributed by atoms with E-state index in [4.69, 9.17) is 0 Å². The molecule has 1 aromatic rings. The Kier molecular flexibility index (Phi) is 4.27. The lowest BCUT2D eigenvalue weighted by atomic mass is 9.91. The van der Waals surface area contributed by atoms with Gasteiger partial charge in [-0.25, -0.2) is 0 Å². The van der Waals surface area contributed by atoms with Crippen LogP contribution in [0.5, 0.6) is 5.75 Å². The quantitative estimate of drug-likeness (QED) is 0.795. The highest BCUT2D eigenvalue weighted by Crippen LogP contribution is 2.28. The average molecular weight is 301 g/mol. The van der Waals surface area contributed by atoms with Crippen molar-refractivity contribution in [2.75, 3.05) is 13.1 Å². The van der Waals surface area contributed by atoms with Crippen molar-refractivity contribution in [1.82, 2.24) is 4.90 Å². The van der Waals surface area contributed by atoms with Crippen molar-refractivity contribution in [3.8, 4) is 5.75 Å². The van der Waals surface area contributed by atoms with Gasteiger partial charge in [-0.2, -0.15) is 0 Å². The third-order valence-corrected chi connectivity index (χ3v) is 3.78. The number of ether oxygens (including phenoxy) is 1. The molecule has 0 bridgehead atoms. The van der Waals surface area contributed by atoms with Crippen LogP contribution in [0.25, 0.3) is 0 Å². The molecule has 0 saturated carbocycles. The maximum Gasteiger partial charge on any atom is 0.573 e. The van der Waals surface area contributed by atoms with E-state index in [1.54, 1.807) is 13.8 Å². The van der Waals surface area contributed by atoms with Gasteiger partial charge in [-0.05, 0) is 51.9 Å². The normalized spacial score (nSPS) is 17.0. The Balaban J connectivity index is 2.20. The topological polar surface area (TPSA) is 29.5 Å². The molecule has 1 fully saturated rings. The molecule has 1 aliphatic rings. The lowest BCUT2D eigenvalue weighted by Gasteiger charge is -2.34. The molecule has 0 amide bonds. The van der Waals surface area contributed by atoms with Gasteiger partial charge in [0, 0.05) is 5.56 Å². The average Bonchev–Trinajstić information content (AvgIpc) is 2.90. The summed E-state index contributed by atoms with van der Waals surface area (Å²) in [6.07, 6.45) is -2.69. The number of nitrogens with zero attached hydrogens (tertiary/aromatic N) is 1. The molecule has 3 nitrogen and oxygen atoms in total. The number of carbonyl (C=O) groups excluding carboxylic acids is 1. The first-order valence-corrected chi connectivity index (χ1v) is 6.86. The number of rotatable bonds is 4. The molecule has 1 aliphatic heterocycles. The first-order valence-electron chi connectivity index (χ1n) is 6.86. The van der Waals surface area contributed by atoms with Gasteiger partial charge < -0.3 is 4.74 Å². The van der Waals surface area contributed by atoms with Gasteiger partial charge in [-0.3, -0.25) is 9.69 Å². The second-order valence-electron chi connectivity index (χ2n) is 5.66. The van der Waals surface area contributed by atoms with Gasteiger partial charge in [-0.1, -0.05) is 12.1 Å². The minimum absolute atomic E-state index is 0.197. The maximum atomic E-state index is 12.6. The number of benzene rings is 1. The van der Waals surface area contributed by atoms with E-state index >= 15 is 0 Å². The summed E-state index contributed by atoms with van der Waals surface area (Å²) in [5.41, 5.74) is -0.499. The Morgan fingerprint density at radius 3 is 2.38 bits per heavy atom. The fourth-order valence-electron chi connectivity index (χ4n) is 2.61. The predicted octanol–water partition coefficient (Wildman–Crippen LogP) is 3.64. The fourth-order valence-corrected chi connectivity index (χ4v) is 2.61. The van der Waals surface area contributed by atoms with E-state index in [1.807, 2.05) is 0 Å². The van der Waals surface area contributed by atoms with Crippen molar-refractivity contribution in [2.24, 2.45) is 0 Å². The lowest BCUT2D eigenvalue weighted by molar-refractivity contribution is -0.274. The smallest absolute Gasteiger partial charge is 0.406 e. The second-order valence-corrected chi connectivity index (χ2v) is 5.66. The fraction of sp³-hybridized carbons (Fsp3) is 0.533. The largest absolute Gasteiger partial charge is 0.573 e. The summed E-state index contributed by atoms with van der Waals surface area (Å²) < 4.78 is 40.6. The molecule has 1 saturated heterocycles. The summed E-state index contributed by atoms with van der Waals surface area (Å²) >= 11 is 0. The highest BCUT2D eigenvalue weighted by atomic mass is 19.4. The number of alkyl halides is 3. The molecule has 0 radical (unpaired) electrons. The summed E-state index contributed by atoms with van der Waals surface area (Å²) in [7, 11) is 0. The minimum atomic E-state index is -4.76. The van der Waals surface area contributed by atoms with E-state index in [-0.39, 0.29) is 17.1 Å². The van der Waals surface area contributed by atoms with E-state index < -0.39 is 11.9 Å². The van der Waals surface area contributed by atoms with Crippen molar-refractivity contribution in [3.05, 3.63) is 29.8 Å². The molecule has 0 spiro atoms. The summed E-state index contributed by atoms with van der Waals surface area (Å²) in [6.45, 7) is 5.27. The molecule has 0 aliphatic carbocycles. The molecular formula is C15H18F3NO2. The number of hydrogen-bond acceptors (Lipinski definition) is 3. The third kappa shape index (κ3) is 3.75. The van der Waals surface area contributed by atoms with Crippen molar-refractivity contribution in [1.29, 1.82) is 0 Å². The molecule has 6 heteroatoms. The van der Waals surface area contributed by atoms with Gasteiger partial charge in [0.2, 0.25) is 0 Å². The van der Waals surface area contributed by atoms with E-state index in [2.05, 4.69) is 9.64 Å². The molecule has 1 heterocycles. The molecule has 0 aromatic heterocycles. The van der Waals surface area contributed by atoms with Crippen LogP contribution in [-0.2, 0) is 0 Å². The number of hydrogen-bond donors (Lipinski definition) is 0. The molecule has 1 aromatic carbocycles. The van der Waals surface area contributed by atoms with Crippen LogP contribution in [0.1, 0.15) is 37.0 Å². The van der Waals surface area contributed by atoms with Crippen LogP contribution in [0.3, 0.4) is 0 Å². The zero-order valence-corrected chi connectivity index (χ0v) is 12.0. The summed E-state index contributed by atoms with van der Waals surface area (Å²) in [4.78, 5) is 14.7. The first-order chi connectivity index (χ1) is 9.70. The highest BCUT2D eigenvalue weighted by molar-refractivity contribution is 6.03. The van der Waals surface area contributed by atoms with Gasteiger partial charge in [0.05, 0.1) is 5.54 Å². The van der Waals surface area contributed by atoms with Gasteiger partial charge >= 0.3 is 6.36 Å². The maximum absolute atomic E-state index is 12.6. The molecule has 0 atom stereocenters. The lowest BCUT2D eigenvalue weighted by Crippen LogP contribution is -2.48. The monoisotopic (exact) mass is 301 g/mol. The second kappa shape index (κ2) is 5.67. The third-order valence-electron chi connectivity index (χ3n) is 3.78. The highest BCUT2D eigenvalue weighted by Gasteiger charge is 2.37. The Hall–Kier alpha value is -1.56. The molecule has 116 valence electrons. The van der Waals surface area contributed by atoms with E-state index in [0.717, 1.165) is 32.0 Å². The minimum Gasteiger partial charge on any atom is -0.406 e.